The molecule has 0 unspecified atom stereocenters. The van der Waals surface area contributed by atoms with Crippen molar-refractivity contribution in [1.82, 2.24) is 4.83 Å². The molecule has 0 aromatic heterocycles. The van der Waals surface area contributed by atoms with E-state index in [9.17, 15) is 8.42 Å². The van der Waals surface area contributed by atoms with E-state index >= 15 is 0 Å². The van der Waals surface area contributed by atoms with Crippen molar-refractivity contribution >= 4 is 27.8 Å². The molecule has 2 rings (SSSR count). The van der Waals surface area contributed by atoms with Crippen molar-refractivity contribution in [3.8, 4) is 23.0 Å². The van der Waals surface area contributed by atoms with Crippen molar-refractivity contribution in [2.24, 2.45) is 5.10 Å². The summed E-state index contributed by atoms with van der Waals surface area (Å²) in [5.41, 5.74) is 0.532. The van der Waals surface area contributed by atoms with E-state index in [0.717, 1.165) is 0 Å². The lowest BCUT2D eigenvalue weighted by Gasteiger charge is -2.11. The maximum Gasteiger partial charge on any atom is 0.276 e. The van der Waals surface area contributed by atoms with Gasteiger partial charge in [-0.1, -0.05) is 11.6 Å². The van der Waals surface area contributed by atoms with Crippen molar-refractivity contribution in [2.45, 2.75) is 11.8 Å². The molecular weight excluding hydrogens is 408 g/mol. The van der Waals surface area contributed by atoms with E-state index < -0.39 is 10.0 Å². The van der Waals surface area contributed by atoms with Crippen LogP contribution in [0.5, 0.6) is 23.0 Å². The maximum atomic E-state index is 12.4. The Morgan fingerprint density at radius 3 is 2.36 bits per heavy atom. The summed E-state index contributed by atoms with van der Waals surface area (Å²) in [5.74, 6) is 1.53. The molecule has 8 nitrogen and oxygen atoms in total. The molecule has 0 saturated carbocycles. The van der Waals surface area contributed by atoms with Gasteiger partial charge in [-0.2, -0.15) is 13.5 Å². The summed E-state index contributed by atoms with van der Waals surface area (Å²) in [5, 5.41) is 4.11. The lowest BCUT2D eigenvalue weighted by Crippen LogP contribution is -2.18. The van der Waals surface area contributed by atoms with Crippen LogP contribution < -0.4 is 23.8 Å². The highest BCUT2D eigenvalue weighted by atomic mass is 35.5. The highest BCUT2D eigenvalue weighted by molar-refractivity contribution is 7.89. The summed E-state index contributed by atoms with van der Waals surface area (Å²) in [7, 11) is 0.460. The minimum Gasteiger partial charge on any atom is -0.493 e. The number of hydrogen-bond acceptors (Lipinski definition) is 7. The topological polar surface area (TPSA) is 95.5 Å². The predicted molar refractivity (Wildman–Crippen MR) is 107 cm³/mol. The number of halogens is 1. The number of hydrazone groups is 1. The summed E-state index contributed by atoms with van der Waals surface area (Å²) in [4.78, 5) is 2.12. The molecule has 0 aliphatic carbocycles. The van der Waals surface area contributed by atoms with Crippen LogP contribution in [0.15, 0.2) is 40.3 Å². The third-order valence-electron chi connectivity index (χ3n) is 3.59. The van der Waals surface area contributed by atoms with Crippen LogP contribution in [0, 0.1) is 0 Å². The number of methoxy groups -OCH3 is 3. The van der Waals surface area contributed by atoms with Crippen molar-refractivity contribution in [1.29, 1.82) is 0 Å². The Hall–Kier alpha value is -2.65. The van der Waals surface area contributed by atoms with Crippen LogP contribution >= 0.6 is 11.6 Å². The summed E-state index contributed by atoms with van der Waals surface area (Å²) >= 11 is 6.17. The lowest BCUT2D eigenvalue weighted by molar-refractivity contribution is 0.311. The largest absolute Gasteiger partial charge is 0.493 e. The molecule has 0 radical (unpaired) electrons. The zero-order valence-corrected chi connectivity index (χ0v) is 17.4. The van der Waals surface area contributed by atoms with E-state index in [0.29, 0.717) is 34.4 Å². The summed E-state index contributed by atoms with van der Waals surface area (Å²) in [6.45, 7) is 2.24. The van der Waals surface area contributed by atoms with E-state index in [1.165, 1.54) is 45.7 Å². The van der Waals surface area contributed by atoms with Gasteiger partial charge < -0.3 is 18.9 Å². The fourth-order valence-corrected chi connectivity index (χ4v) is 3.43. The highest BCUT2D eigenvalue weighted by Gasteiger charge is 2.16. The van der Waals surface area contributed by atoms with Gasteiger partial charge in [0.2, 0.25) is 0 Å². The molecule has 0 spiro atoms. The van der Waals surface area contributed by atoms with Gasteiger partial charge in [0.15, 0.2) is 23.0 Å². The van der Waals surface area contributed by atoms with E-state index in [-0.39, 0.29) is 10.6 Å². The maximum absolute atomic E-state index is 12.4. The molecule has 0 atom stereocenters. The standard InChI is InChI=1S/C18H21ClN2O6S/c1-5-27-17-9-12(8-14(19)18(17)26-4)11-20-21-28(22,23)13-6-7-15(24-2)16(10-13)25-3/h6-11,21H,5H2,1-4H3/b20-11+. The number of ether oxygens (including phenoxy) is 4. The van der Waals surface area contributed by atoms with Gasteiger partial charge in [0.1, 0.15) is 0 Å². The molecule has 10 heteroatoms. The third kappa shape index (κ3) is 4.99. The van der Waals surface area contributed by atoms with E-state index in [4.69, 9.17) is 30.5 Å². The van der Waals surface area contributed by atoms with Gasteiger partial charge in [-0.15, -0.1) is 0 Å². The highest BCUT2D eigenvalue weighted by Crippen LogP contribution is 2.36. The second-order valence-corrected chi connectivity index (χ2v) is 7.40. The second-order valence-electron chi connectivity index (χ2n) is 5.34. The van der Waals surface area contributed by atoms with E-state index in [2.05, 4.69) is 9.93 Å². The van der Waals surface area contributed by atoms with Crippen molar-refractivity contribution in [3.05, 3.63) is 40.9 Å². The smallest absolute Gasteiger partial charge is 0.276 e. The SMILES string of the molecule is CCOc1cc(/C=N/NS(=O)(=O)c2ccc(OC)c(OC)c2)cc(Cl)c1OC. The number of nitrogens with one attached hydrogen (secondary N) is 1. The van der Waals surface area contributed by atoms with Crippen LogP contribution in [0.1, 0.15) is 12.5 Å². The van der Waals surface area contributed by atoms with Gasteiger partial charge in [0.05, 0.1) is 44.1 Å². The molecule has 2 aromatic carbocycles. The molecule has 0 bridgehead atoms. The molecule has 0 fully saturated rings. The Labute approximate surface area is 169 Å². The number of sulfonamides is 1. The first-order chi connectivity index (χ1) is 13.4. The lowest BCUT2D eigenvalue weighted by atomic mass is 10.2. The number of benzene rings is 2. The zero-order valence-electron chi connectivity index (χ0n) is 15.9. The van der Waals surface area contributed by atoms with Gasteiger partial charge in [-0.05, 0) is 36.8 Å². The van der Waals surface area contributed by atoms with Crippen molar-refractivity contribution in [2.75, 3.05) is 27.9 Å². The summed E-state index contributed by atoms with van der Waals surface area (Å²) in [6, 6.07) is 7.44. The van der Waals surface area contributed by atoms with Crippen LogP contribution in [0.2, 0.25) is 5.02 Å². The van der Waals surface area contributed by atoms with Gasteiger partial charge in [-0.3, -0.25) is 0 Å². The van der Waals surface area contributed by atoms with Gasteiger partial charge in [0, 0.05) is 6.07 Å². The molecule has 1 N–H and O–H groups in total. The average Bonchev–Trinajstić information content (AvgIpc) is 2.67. The van der Waals surface area contributed by atoms with Gasteiger partial charge in [0.25, 0.3) is 10.0 Å². The van der Waals surface area contributed by atoms with Gasteiger partial charge >= 0.3 is 0 Å². The fraction of sp³-hybridized carbons (Fsp3) is 0.278. The van der Waals surface area contributed by atoms with Gasteiger partial charge in [-0.25, -0.2) is 4.83 Å². The summed E-state index contributed by atoms with van der Waals surface area (Å²) in [6.07, 6.45) is 1.31. The molecule has 0 saturated heterocycles. The second kappa shape index (κ2) is 9.52. The van der Waals surface area contributed by atoms with Crippen LogP contribution in [0.3, 0.4) is 0 Å². The Kier molecular flexibility index (Phi) is 7.36. The third-order valence-corrected chi connectivity index (χ3v) is 5.09. The number of hydrogen-bond donors (Lipinski definition) is 1. The molecule has 152 valence electrons. The van der Waals surface area contributed by atoms with Crippen molar-refractivity contribution in [3.63, 3.8) is 0 Å². The van der Waals surface area contributed by atoms with E-state index in [1.807, 2.05) is 6.92 Å². The van der Waals surface area contributed by atoms with Crippen molar-refractivity contribution < 1.29 is 27.4 Å². The Morgan fingerprint density at radius 1 is 1.04 bits per heavy atom. The predicted octanol–water partition coefficient (Wildman–Crippen LogP) is 3.08. The molecule has 0 aliphatic rings. The van der Waals surface area contributed by atoms with Crippen LogP contribution in [-0.2, 0) is 10.0 Å². The van der Waals surface area contributed by atoms with E-state index in [1.54, 1.807) is 12.1 Å². The fourth-order valence-electron chi connectivity index (χ4n) is 2.33. The molecule has 28 heavy (non-hydrogen) atoms. The molecule has 0 amide bonds. The number of rotatable bonds is 9. The Bertz CT molecular complexity index is 963. The van der Waals surface area contributed by atoms with Crippen LogP contribution in [0.25, 0.3) is 0 Å². The van der Waals surface area contributed by atoms with Crippen LogP contribution in [0.4, 0.5) is 0 Å². The minimum atomic E-state index is -3.90. The minimum absolute atomic E-state index is 0.0231. The summed E-state index contributed by atoms with van der Waals surface area (Å²) < 4.78 is 45.8. The molecular formula is C18H21ClN2O6S. The molecule has 0 aliphatic heterocycles. The first kappa shape index (κ1) is 21.6. The number of nitrogens with zero attached hydrogens (tertiary/aromatic N) is 1. The normalized spacial score (nSPS) is 11.3. The Balaban J connectivity index is 2.24. The molecule has 2 aromatic rings. The van der Waals surface area contributed by atoms with Crippen LogP contribution in [-0.4, -0.2) is 42.6 Å². The average molecular weight is 429 g/mol. The monoisotopic (exact) mass is 428 g/mol. The first-order valence-electron chi connectivity index (χ1n) is 8.13. The molecule has 0 heterocycles. The Morgan fingerprint density at radius 2 is 1.75 bits per heavy atom. The zero-order chi connectivity index (χ0) is 20.7. The quantitative estimate of drug-likeness (QED) is 0.487. The first-order valence-corrected chi connectivity index (χ1v) is 9.99.